The van der Waals surface area contributed by atoms with Crippen LogP contribution in [-0.4, -0.2) is 25.3 Å². The molecule has 21 heavy (non-hydrogen) atoms. The van der Waals surface area contributed by atoms with Gasteiger partial charge >= 0.3 is 6.03 Å². The van der Waals surface area contributed by atoms with Gasteiger partial charge in [-0.3, -0.25) is 0 Å². The Morgan fingerprint density at radius 1 is 1.24 bits per heavy atom. The number of hydrogen-bond donors (Lipinski definition) is 2. The second-order valence-corrected chi connectivity index (χ2v) is 7.02. The first-order chi connectivity index (χ1) is 10.3. The molecule has 1 atom stereocenters. The van der Waals surface area contributed by atoms with Gasteiger partial charge in [-0.1, -0.05) is 18.9 Å². The van der Waals surface area contributed by atoms with Gasteiger partial charge in [-0.15, -0.1) is 11.3 Å². The van der Waals surface area contributed by atoms with Crippen molar-refractivity contribution < 1.29 is 9.53 Å². The SMILES string of the molecule is O=C(NC1CCOCC1)N[C@H](c1cccs1)C1CCCC1. The summed E-state index contributed by atoms with van der Waals surface area (Å²) in [5, 5.41) is 8.43. The first kappa shape index (κ1) is 14.9. The fourth-order valence-electron chi connectivity index (χ4n) is 3.39. The summed E-state index contributed by atoms with van der Waals surface area (Å²) in [4.78, 5) is 13.6. The van der Waals surface area contributed by atoms with Crippen LogP contribution in [0.25, 0.3) is 0 Å². The second-order valence-electron chi connectivity index (χ2n) is 6.04. The first-order valence-corrected chi connectivity index (χ1v) is 8.89. The molecule has 3 rings (SSSR count). The predicted octanol–water partition coefficient (Wildman–Crippen LogP) is 3.46. The van der Waals surface area contributed by atoms with Crippen molar-refractivity contribution in [3.8, 4) is 0 Å². The fraction of sp³-hybridized carbons (Fsp3) is 0.688. The fourth-order valence-corrected chi connectivity index (χ4v) is 4.26. The van der Waals surface area contributed by atoms with Crippen molar-refractivity contribution in [2.24, 2.45) is 5.92 Å². The van der Waals surface area contributed by atoms with Crippen LogP contribution in [0.2, 0.25) is 0 Å². The van der Waals surface area contributed by atoms with E-state index in [0.717, 1.165) is 26.1 Å². The van der Waals surface area contributed by atoms with Crippen LogP contribution < -0.4 is 10.6 Å². The predicted molar refractivity (Wildman–Crippen MR) is 84.5 cm³/mol. The minimum atomic E-state index is -0.0211. The van der Waals surface area contributed by atoms with E-state index in [-0.39, 0.29) is 18.1 Å². The molecule has 0 unspecified atom stereocenters. The van der Waals surface area contributed by atoms with Crippen LogP contribution in [0.3, 0.4) is 0 Å². The van der Waals surface area contributed by atoms with E-state index in [1.807, 2.05) is 0 Å². The van der Waals surface area contributed by atoms with Gasteiger partial charge < -0.3 is 15.4 Å². The summed E-state index contributed by atoms with van der Waals surface area (Å²) >= 11 is 1.74. The van der Waals surface area contributed by atoms with E-state index >= 15 is 0 Å². The van der Waals surface area contributed by atoms with Crippen LogP contribution in [0.1, 0.15) is 49.4 Å². The Morgan fingerprint density at radius 3 is 2.67 bits per heavy atom. The number of carbonyl (C=O) groups excluding carboxylic acids is 1. The molecular formula is C16H24N2O2S. The molecule has 0 bridgehead atoms. The lowest BCUT2D eigenvalue weighted by atomic mass is 9.97. The van der Waals surface area contributed by atoms with E-state index in [4.69, 9.17) is 4.74 Å². The molecular weight excluding hydrogens is 284 g/mol. The maximum absolute atomic E-state index is 12.3. The summed E-state index contributed by atoms with van der Waals surface area (Å²) in [6.45, 7) is 1.50. The zero-order valence-electron chi connectivity index (χ0n) is 12.3. The Labute approximate surface area is 130 Å². The van der Waals surface area contributed by atoms with Crippen LogP contribution in [0.5, 0.6) is 0 Å². The van der Waals surface area contributed by atoms with Crippen LogP contribution in [0.4, 0.5) is 4.79 Å². The molecule has 1 saturated carbocycles. The van der Waals surface area contributed by atoms with Gasteiger partial charge in [0.15, 0.2) is 0 Å². The molecule has 0 aromatic carbocycles. The molecule has 1 aliphatic heterocycles. The van der Waals surface area contributed by atoms with Crippen LogP contribution in [0, 0.1) is 5.92 Å². The monoisotopic (exact) mass is 308 g/mol. The lowest BCUT2D eigenvalue weighted by Crippen LogP contribution is -2.46. The minimum Gasteiger partial charge on any atom is -0.381 e. The number of carbonyl (C=O) groups is 1. The van der Waals surface area contributed by atoms with Gasteiger partial charge in [0.1, 0.15) is 0 Å². The van der Waals surface area contributed by atoms with Gasteiger partial charge in [-0.25, -0.2) is 4.79 Å². The molecule has 4 nitrogen and oxygen atoms in total. The number of thiophene rings is 1. The summed E-state index contributed by atoms with van der Waals surface area (Å²) < 4.78 is 5.33. The van der Waals surface area contributed by atoms with E-state index < -0.39 is 0 Å². The highest BCUT2D eigenvalue weighted by molar-refractivity contribution is 7.10. The molecule has 1 aromatic heterocycles. The molecule has 1 aromatic rings. The molecule has 2 fully saturated rings. The number of ether oxygens (including phenoxy) is 1. The van der Waals surface area contributed by atoms with Gasteiger partial charge in [0.25, 0.3) is 0 Å². The third kappa shape index (κ3) is 3.98. The molecule has 2 N–H and O–H groups in total. The number of amides is 2. The largest absolute Gasteiger partial charge is 0.381 e. The summed E-state index contributed by atoms with van der Waals surface area (Å²) in [7, 11) is 0. The van der Waals surface area contributed by atoms with Crippen molar-refractivity contribution in [2.45, 2.75) is 50.6 Å². The van der Waals surface area contributed by atoms with E-state index in [9.17, 15) is 4.79 Å². The van der Waals surface area contributed by atoms with Crippen molar-refractivity contribution in [2.75, 3.05) is 13.2 Å². The summed E-state index contributed by atoms with van der Waals surface area (Å²) in [5.74, 6) is 0.587. The average molecular weight is 308 g/mol. The quantitative estimate of drug-likeness (QED) is 0.895. The number of hydrogen-bond acceptors (Lipinski definition) is 3. The van der Waals surface area contributed by atoms with Crippen molar-refractivity contribution in [3.05, 3.63) is 22.4 Å². The van der Waals surface area contributed by atoms with Crippen LogP contribution in [-0.2, 0) is 4.74 Å². The van der Waals surface area contributed by atoms with Gasteiger partial charge in [-0.2, -0.15) is 0 Å². The zero-order valence-corrected chi connectivity index (χ0v) is 13.2. The van der Waals surface area contributed by atoms with E-state index in [1.165, 1.54) is 30.6 Å². The summed E-state index contributed by atoms with van der Waals surface area (Å²) in [6.07, 6.45) is 6.85. The van der Waals surface area contributed by atoms with Crippen molar-refractivity contribution in [3.63, 3.8) is 0 Å². The highest BCUT2D eigenvalue weighted by atomic mass is 32.1. The molecule has 2 heterocycles. The van der Waals surface area contributed by atoms with Crippen LogP contribution >= 0.6 is 11.3 Å². The smallest absolute Gasteiger partial charge is 0.315 e. The van der Waals surface area contributed by atoms with Gasteiger partial charge in [0.05, 0.1) is 6.04 Å². The maximum atomic E-state index is 12.3. The number of nitrogens with one attached hydrogen (secondary N) is 2. The third-order valence-electron chi connectivity index (χ3n) is 4.56. The molecule has 0 radical (unpaired) electrons. The van der Waals surface area contributed by atoms with Crippen molar-refractivity contribution in [1.29, 1.82) is 0 Å². The van der Waals surface area contributed by atoms with Crippen molar-refractivity contribution in [1.82, 2.24) is 10.6 Å². The topological polar surface area (TPSA) is 50.4 Å². The second kappa shape index (κ2) is 7.27. The first-order valence-electron chi connectivity index (χ1n) is 8.01. The lowest BCUT2D eigenvalue weighted by Gasteiger charge is -2.27. The average Bonchev–Trinajstić information content (AvgIpc) is 3.19. The van der Waals surface area contributed by atoms with Gasteiger partial charge in [-0.05, 0) is 43.0 Å². The Hall–Kier alpha value is -1.07. The Balaban J connectivity index is 1.59. The number of rotatable bonds is 4. The highest BCUT2D eigenvalue weighted by Crippen LogP contribution is 2.37. The summed E-state index contributed by atoms with van der Waals surface area (Å²) in [6, 6.07) is 4.62. The highest BCUT2D eigenvalue weighted by Gasteiger charge is 2.29. The van der Waals surface area contributed by atoms with Crippen molar-refractivity contribution >= 4 is 17.4 Å². The molecule has 2 amide bonds. The molecule has 1 aliphatic carbocycles. The molecule has 0 spiro atoms. The lowest BCUT2D eigenvalue weighted by molar-refractivity contribution is 0.0798. The third-order valence-corrected chi connectivity index (χ3v) is 5.52. The zero-order chi connectivity index (χ0) is 14.5. The molecule has 1 saturated heterocycles. The van der Waals surface area contributed by atoms with E-state index in [2.05, 4.69) is 28.1 Å². The molecule has 5 heteroatoms. The maximum Gasteiger partial charge on any atom is 0.315 e. The normalized spacial score (nSPS) is 22.1. The Kier molecular flexibility index (Phi) is 5.14. The number of urea groups is 1. The molecule has 2 aliphatic rings. The van der Waals surface area contributed by atoms with E-state index in [0.29, 0.717) is 5.92 Å². The Morgan fingerprint density at radius 2 is 2.00 bits per heavy atom. The standard InChI is InChI=1S/C16H24N2O2S/c19-16(17-13-7-9-20-10-8-13)18-15(12-4-1-2-5-12)14-6-3-11-21-14/h3,6,11-13,15H,1-2,4-5,7-10H2,(H2,17,18,19)/t15-/m0/s1. The summed E-state index contributed by atoms with van der Waals surface area (Å²) in [5.41, 5.74) is 0. The van der Waals surface area contributed by atoms with Gasteiger partial charge in [0, 0.05) is 24.1 Å². The molecule has 116 valence electrons. The Bertz CT molecular complexity index is 437. The minimum absolute atomic E-state index is 0.0211. The van der Waals surface area contributed by atoms with Crippen LogP contribution in [0.15, 0.2) is 17.5 Å². The van der Waals surface area contributed by atoms with E-state index in [1.54, 1.807) is 11.3 Å². The van der Waals surface area contributed by atoms with Gasteiger partial charge in [0.2, 0.25) is 0 Å².